The molecule has 1 fully saturated rings. The van der Waals surface area contributed by atoms with Crippen LogP contribution in [-0.4, -0.2) is 23.5 Å². The van der Waals surface area contributed by atoms with Crippen molar-refractivity contribution in [2.45, 2.75) is 37.4 Å². The quantitative estimate of drug-likeness (QED) is 0.561. The standard InChI is InChI=1S/C21H25NO2S/c23-21(22-13-15-25-19-11-5-2-6-12-19)20(16-18-10-7-14-24-18)17-8-3-1-4-9-17/h1,3-4,7-10,14,16,19H,2,5-6,11-13,15H2,(H,22,23)/b20-16+. The Morgan fingerprint density at radius 2 is 1.92 bits per heavy atom. The largest absolute Gasteiger partial charge is 0.465 e. The van der Waals surface area contributed by atoms with E-state index < -0.39 is 0 Å². The van der Waals surface area contributed by atoms with E-state index in [0.717, 1.165) is 16.6 Å². The van der Waals surface area contributed by atoms with Crippen molar-refractivity contribution in [2.75, 3.05) is 12.3 Å². The van der Waals surface area contributed by atoms with Crippen molar-refractivity contribution in [1.82, 2.24) is 5.32 Å². The molecule has 1 heterocycles. The number of nitrogens with one attached hydrogen (secondary N) is 1. The van der Waals surface area contributed by atoms with Crippen LogP contribution in [-0.2, 0) is 4.79 Å². The smallest absolute Gasteiger partial charge is 0.252 e. The van der Waals surface area contributed by atoms with Crippen LogP contribution in [0.1, 0.15) is 43.4 Å². The minimum absolute atomic E-state index is 0.0492. The van der Waals surface area contributed by atoms with Crippen molar-refractivity contribution in [3.05, 3.63) is 60.1 Å². The van der Waals surface area contributed by atoms with E-state index in [4.69, 9.17) is 4.42 Å². The zero-order chi connectivity index (χ0) is 17.3. The van der Waals surface area contributed by atoms with E-state index in [1.54, 1.807) is 12.3 Å². The Balaban J connectivity index is 1.58. The van der Waals surface area contributed by atoms with Gasteiger partial charge in [0, 0.05) is 17.5 Å². The third kappa shape index (κ3) is 5.53. The molecule has 1 N–H and O–H groups in total. The fourth-order valence-electron chi connectivity index (χ4n) is 3.13. The molecule has 0 atom stereocenters. The maximum absolute atomic E-state index is 12.7. The highest BCUT2D eigenvalue weighted by Crippen LogP contribution is 2.27. The molecule has 0 saturated heterocycles. The van der Waals surface area contributed by atoms with E-state index >= 15 is 0 Å². The van der Waals surface area contributed by atoms with Gasteiger partial charge in [-0.2, -0.15) is 11.8 Å². The molecule has 0 spiro atoms. The summed E-state index contributed by atoms with van der Waals surface area (Å²) >= 11 is 2.00. The minimum atomic E-state index is -0.0492. The monoisotopic (exact) mass is 355 g/mol. The lowest BCUT2D eigenvalue weighted by Crippen LogP contribution is -2.27. The first-order valence-electron chi connectivity index (χ1n) is 9.03. The van der Waals surface area contributed by atoms with Crippen molar-refractivity contribution < 1.29 is 9.21 Å². The van der Waals surface area contributed by atoms with Gasteiger partial charge in [0.1, 0.15) is 5.76 Å². The van der Waals surface area contributed by atoms with Gasteiger partial charge in [-0.1, -0.05) is 49.6 Å². The molecule has 1 amide bonds. The Kier molecular flexibility index (Phi) is 6.80. The van der Waals surface area contributed by atoms with Crippen LogP contribution in [0.3, 0.4) is 0 Å². The average Bonchev–Trinajstić information content (AvgIpc) is 3.18. The zero-order valence-electron chi connectivity index (χ0n) is 14.4. The van der Waals surface area contributed by atoms with Gasteiger partial charge in [-0.05, 0) is 36.6 Å². The molecule has 1 saturated carbocycles. The summed E-state index contributed by atoms with van der Waals surface area (Å²) in [6, 6.07) is 13.4. The van der Waals surface area contributed by atoms with Gasteiger partial charge in [-0.15, -0.1) is 0 Å². The molecule has 0 aliphatic heterocycles. The summed E-state index contributed by atoms with van der Waals surface area (Å²) in [5.41, 5.74) is 1.54. The van der Waals surface area contributed by atoms with Gasteiger partial charge in [0.2, 0.25) is 0 Å². The van der Waals surface area contributed by atoms with E-state index in [1.165, 1.54) is 32.1 Å². The van der Waals surface area contributed by atoms with Gasteiger partial charge < -0.3 is 9.73 Å². The fraction of sp³-hybridized carbons (Fsp3) is 0.381. The lowest BCUT2D eigenvalue weighted by molar-refractivity contribution is -0.115. The van der Waals surface area contributed by atoms with Gasteiger partial charge >= 0.3 is 0 Å². The van der Waals surface area contributed by atoms with Gasteiger partial charge in [0.05, 0.1) is 11.8 Å². The van der Waals surface area contributed by atoms with E-state index in [2.05, 4.69) is 5.32 Å². The Hall–Kier alpha value is -1.94. The van der Waals surface area contributed by atoms with Crippen molar-refractivity contribution in [2.24, 2.45) is 0 Å². The second kappa shape index (κ2) is 9.52. The number of thioether (sulfide) groups is 1. The first-order valence-corrected chi connectivity index (χ1v) is 10.1. The van der Waals surface area contributed by atoms with Crippen LogP contribution in [0, 0.1) is 0 Å². The third-order valence-corrected chi connectivity index (χ3v) is 5.84. The van der Waals surface area contributed by atoms with Crippen molar-refractivity contribution in [3.8, 4) is 0 Å². The van der Waals surface area contributed by atoms with Gasteiger partial charge in [0.15, 0.2) is 0 Å². The van der Waals surface area contributed by atoms with Crippen LogP contribution in [0.25, 0.3) is 11.6 Å². The van der Waals surface area contributed by atoms with Gasteiger partial charge in [-0.25, -0.2) is 0 Å². The average molecular weight is 356 g/mol. The van der Waals surface area contributed by atoms with Crippen LogP contribution in [0.15, 0.2) is 53.1 Å². The highest BCUT2D eigenvalue weighted by Gasteiger charge is 2.15. The number of amides is 1. The SMILES string of the molecule is O=C(NCCSC1CCCCC1)/C(=C/c1ccco1)c1ccccc1. The van der Waals surface area contributed by atoms with Gasteiger partial charge in [-0.3, -0.25) is 4.79 Å². The molecule has 2 aromatic rings. The van der Waals surface area contributed by atoms with Crippen molar-refractivity contribution in [3.63, 3.8) is 0 Å². The lowest BCUT2D eigenvalue weighted by Gasteiger charge is -2.21. The summed E-state index contributed by atoms with van der Waals surface area (Å²) in [6.07, 6.45) is 10.2. The number of benzene rings is 1. The Bertz CT molecular complexity index is 673. The minimum Gasteiger partial charge on any atom is -0.465 e. The van der Waals surface area contributed by atoms with Crippen molar-refractivity contribution in [1.29, 1.82) is 0 Å². The molecule has 1 aliphatic carbocycles. The van der Waals surface area contributed by atoms with Crippen LogP contribution < -0.4 is 5.32 Å². The zero-order valence-corrected chi connectivity index (χ0v) is 15.3. The van der Waals surface area contributed by atoms with E-state index in [-0.39, 0.29) is 5.91 Å². The first kappa shape index (κ1) is 17.9. The molecule has 25 heavy (non-hydrogen) atoms. The molecule has 1 aliphatic rings. The molecular formula is C21H25NO2S. The summed E-state index contributed by atoms with van der Waals surface area (Å²) in [5, 5.41) is 3.84. The van der Waals surface area contributed by atoms with E-state index in [1.807, 2.05) is 54.2 Å². The molecule has 3 nitrogen and oxygen atoms in total. The summed E-state index contributed by atoms with van der Waals surface area (Å²) in [6.45, 7) is 0.697. The predicted octanol–water partition coefficient (Wildman–Crippen LogP) is 5.00. The third-order valence-electron chi connectivity index (χ3n) is 4.45. The molecule has 0 radical (unpaired) electrons. The summed E-state index contributed by atoms with van der Waals surface area (Å²) in [5.74, 6) is 1.61. The fourth-order valence-corrected chi connectivity index (χ4v) is 4.35. The number of furan rings is 1. The normalized spacial score (nSPS) is 15.9. The Morgan fingerprint density at radius 1 is 1.12 bits per heavy atom. The molecule has 1 aromatic carbocycles. The molecule has 3 rings (SSSR count). The molecule has 0 unspecified atom stereocenters. The number of rotatable bonds is 7. The van der Waals surface area contributed by atoms with Crippen LogP contribution in [0.2, 0.25) is 0 Å². The highest BCUT2D eigenvalue weighted by atomic mass is 32.2. The van der Waals surface area contributed by atoms with Gasteiger partial charge in [0.25, 0.3) is 5.91 Å². The molecule has 0 bridgehead atoms. The Morgan fingerprint density at radius 3 is 2.64 bits per heavy atom. The van der Waals surface area contributed by atoms with Crippen molar-refractivity contribution >= 4 is 29.3 Å². The van der Waals surface area contributed by atoms with Crippen LogP contribution in [0.5, 0.6) is 0 Å². The Labute approximate surface area is 153 Å². The maximum atomic E-state index is 12.7. The van der Waals surface area contributed by atoms with Crippen LogP contribution in [0.4, 0.5) is 0 Å². The summed E-state index contributed by atoms with van der Waals surface area (Å²) in [7, 11) is 0. The van der Waals surface area contributed by atoms with Crippen LogP contribution >= 0.6 is 11.8 Å². The topological polar surface area (TPSA) is 42.2 Å². The van der Waals surface area contributed by atoms with E-state index in [0.29, 0.717) is 17.9 Å². The number of carbonyl (C=O) groups is 1. The second-order valence-electron chi connectivity index (χ2n) is 6.33. The first-order chi connectivity index (χ1) is 12.3. The number of hydrogen-bond donors (Lipinski definition) is 1. The number of carbonyl (C=O) groups excluding carboxylic acids is 1. The predicted molar refractivity (Wildman–Crippen MR) is 105 cm³/mol. The molecule has 1 aromatic heterocycles. The summed E-state index contributed by atoms with van der Waals surface area (Å²) < 4.78 is 5.38. The lowest BCUT2D eigenvalue weighted by atomic mass is 10.0. The molecule has 4 heteroatoms. The molecule has 132 valence electrons. The maximum Gasteiger partial charge on any atom is 0.252 e. The second-order valence-corrected chi connectivity index (χ2v) is 7.73. The van der Waals surface area contributed by atoms with E-state index in [9.17, 15) is 4.79 Å². The number of hydrogen-bond acceptors (Lipinski definition) is 3. The molecular weight excluding hydrogens is 330 g/mol. The highest BCUT2D eigenvalue weighted by molar-refractivity contribution is 7.99. The summed E-state index contributed by atoms with van der Waals surface area (Å²) in [4.78, 5) is 12.7.